The molecule has 1 aliphatic heterocycles. The van der Waals surface area contributed by atoms with Crippen LogP contribution in [0.2, 0.25) is 0 Å². The number of piperidine rings is 1. The summed E-state index contributed by atoms with van der Waals surface area (Å²) in [5.74, 6) is -0.0176. The molecule has 0 aliphatic carbocycles. The van der Waals surface area contributed by atoms with Crippen LogP contribution in [0.3, 0.4) is 0 Å². The Morgan fingerprint density at radius 3 is 2.56 bits per heavy atom. The fraction of sp³-hybridized carbons (Fsp3) is 0.667. The van der Waals surface area contributed by atoms with Crippen LogP contribution in [0.15, 0.2) is 12.2 Å². The van der Waals surface area contributed by atoms with Crippen molar-refractivity contribution in [3.8, 4) is 6.07 Å². The summed E-state index contributed by atoms with van der Waals surface area (Å²) in [6.07, 6.45) is 1.72. The molecule has 4 heteroatoms. The molecule has 0 atom stereocenters. The zero-order valence-electron chi connectivity index (χ0n) is 10.0. The number of nitrogens with one attached hydrogen (secondary N) is 1. The standard InChI is InChI=1S/C12H19N3O/c1-10(2)8-11(16)15(3)12(9-13)4-6-14-7-5-12/h14H,1,4-8H2,2-3H3. The molecule has 0 bridgehead atoms. The summed E-state index contributed by atoms with van der Waals surface area (Å²) in [5, 5.41) is 12.5. The molecule has 0 aromatic heterocycles. The third-order valence-corrected chi connectivity index (χ3v) is 3.11. The van der Waals surface area contributed by atoms with Gasteiger partial charge in [-0.3, -0.25) is 4.79 Å². The SMILES string of the molecule is C=C(C)CC(=O)N(C)C1(C#N)CCNCC1. The van der Waals surface area contributed by atoms with Gasteiger partial charge in [0.25, 0.3) is 0 Å². The van der Waals surface area contributed by atoms with E-state index >= 15 is 0 Å². The van der Waals surface area contributed by atoms with Crippen molar-refractivity contribution in [2.75, 3.05) is 20.1 Å². The first-order valence-corrected chi connectivity index (χ1v) is 5.55. The zero-order chi connectivity index (χ0) is 12.2. The maximum Gasteiger partial charge on any atom is 0.227 e. The fourth-order valence-electron chi connectivity index (χ4n) is 1.98. The van der Waals surface area contributed by atoms with E-state index in [9.17, 15) is 10.1 Å². The van der Waals surface area contributed by atoms with Crippen LogP contribution in [-0.2, 0) is 4.79 Å². The van der Waals surface area contributed by atoms with Crippen molar-refractivity contribution in [3.63, 3.8) is 0 Å². The predicted molar refractivity (Wildman–Crippen MR) is 62.6 cm³/mol. The highest BCUT2D eigenvalue weighted by Gasteiger charge is 2.38. The van der Waals surface area contributed by atoms with Gasteiger partial charge in [-0.2, -0.15) is 5.26 Å². The number of nitriles is 1. The van der Waals surface area contributed by atoms with Crippen LogP contribution in [0.5, 0.6) is 0 Å². The van der Waals surface area contributed by atoms with Crippen LogP contribution in [0.25, 0.3) is 0 Å². The number of nitrogens with zero attached hydrogens (tertiary/aromatic N) is 2. The number of hydrogen-bond donors (Lipinski definition) is 1. The molecule has 1 N–H and O–H groups in total. The fourth-order valence-corrected chi connectivity index (χ4v) is 1.98. The van der Waals surface area contributed by atoms with Gasteiger partial charge in [0.05, 0.1) is 6.07 Å². The first-order valence-electron chi connectivity index (χ1n) is 5.55. The van der Waals surface area contributed by atoms with Gasteiger partial charge in [0.15, 0.2) is 0 Å². The minimum absolute atomic E-state index is 0.0176. The van der Waals surface area contributed by atoms with Gasteiger partial charge >= 0.3 is 0 Å². The summed E-state index contributed by atoms with van der Waals surface area (Å²) in [6, 6.07) is 2.31. The van der Waals surface area contributed by atoms with Gasteiger partial charge in [0, 0.05) is 13.5 Å². The van der Waals surface area contributed by atoms with E-state index in [1.807, 2.05) is 6.92 Å². The number of carbonyl (C=O) groups excluding carboxylic acids is 1. The van der Waals surface area contributed by atoms with E-state index in [-0.39, 0.29) is 5.91 Å². The average molecular weight is 221 g/mol. The molecule has 16 heavy (non-hydrogen) atoms. The number of hydrogen-bond acceptors (Lipinski definition) is 3. The maximum atomic E-state index is 11.9. The smallest absolute Gasteiger partial charge is 0.227 e. The second-order valence-corrected chi connectivity index (χ2v) is 4.48. The zero-order valence-corrected chi connectivity index (χ0v) is 10.0. The molecule has 88 valence electrons. The lowest BCUT2D eigenvalue weighted by atomic mass is 9.88. The normalized spacial score (nSPS) is 18.6. The van der Waals surface area contributed by atoms with Gasteiger partial charge in [0.1, 0.15) is 5.54 Å². The highest BCUT2D eigenvalue weighted by molar-refractivity contribution is 5.79. The lowest BCUT2D eigenvalue weighted by molar-refractivity contribution is -0.133. The molecule has 0 unspecified atom stereocenters. The predicted octanol–water partition coefficient (Wildman–Crippen LogP) is 1.06. The summed E-state index contributed by atoms with van der Waals surface area (Å²) in [6.45, 7) is 7.13. The van der Waals surface area contributed by atoms with Gasteiger partial charge < -0.3 is 10.2 Å². The molecule has 0 spiro atoms. The van der Waals surface area contributed by atoms with E-state index in [4.69, 9.17) is 0 Å². The molecule has 0 aromatic carbocycles. The van der Waals surface area contributed by atoms with Crippen molar-refractivity contribution >= 4 is 5.91 Å². The van der Waals surface area contributed by atoms with Gasteiger partial charge in [-0.15, -0.1) is 0 Å². The summed E-state index contributed by atoms with van der Waals surface area (Å²) in [4.78, 5) is 13.5. The monoisotopic (exact) mass is 221 g/mol. The molecular formula is C12H19N3O. The topological polar surface area (TPSA) is 56.1 Å². The first-order chi connectivity index (χ1) is 7.52. The number of amides is 1. The van der Waals surface area contributed by atoms with E-state index in [0.29, 0.717) is 19.3 Å². The van der Waals surface area contributed by atoms with Crippen molar-refractivity contribution in [1.82, 2.24) is 10.2 Å². The second kappa shape index (κ2) is 5.13. The van der Waals surface area contributed by atoms with Gasteiger partial charge in [-0.1, -0.05) is 12.2 Å². The van der Waals surface area contributed by atoms with Crippen LogP contribution in [0, 0.1) is 11.3 Å². The van der Waals surface area contributed by atoms with Crippen LogP contribution >= 0.6 is 0 Å². The molecule has 1 aliphatic rings. The highest BCUT2D eigenvalue weighted by Crippen LogP contribution is 2.25. The molecule has 4 nitrogen and oxygen atoms in total. The molecule has 0 aromatic rings. The summed E-state index contributed by atoms with van der Waals surface area (Å²) in [5.41, 5.74) is 0.205. The number of carbonyl (C=O) groups is 1. The van der Waals surface area contributed by atoms with Crippen molar-refractivity contribution in [2.24, 2.45) is 0 Å². The molecule has 1 heterocycles. The Labute approximate surface area is 96.9 Å². The van der Waals surface area contributed by atoms with Crippen LogP contribution < -0.4 is 5.32 Å². The highest BCUT2D eigenvalue weighted by atomic mass is 16.2. The average Bonchev–Trinajstić information content (AvgIpc) is 2.28. The lowest BCUT2D eigenvalue weighted by Gasteiger charge is -2.39. The Hall–Kier alpha value is -1.34. The quantitative estimate of drug-likeness (QED) is 0.725. The number of rotatable bonds is 3. The van der Waals surface area contributed by atoms with E-state index in [2.05, 4.69) is 18.0 Å². The molecule has 0 radical (unpaired) electrons. The summed E-state index contributed by atoms with van der Waals surface area (Å²) >= 11 is 0. The Morgan fingerprint density at radius 1 is 1.56 bits per heavy atom. The van der Waals surface area contributed by atoms with E-state index in [0.717, 1.165) is 18.7 Å². The lowest BCUT2D eigenvalue weighted by Crippen LogP contribution is -2.54. The Kier molecular flexibility index (Phi) is 4.08. The van der Waals surface area contributed by atoms with Crippen molar-refractivity contribution in [1.29, 1.82) is 5.26 Å². The largest absolute Gasteiger partial charge is 0.327 e. The Morgan fingerprint density at radius 2 is 2.12 bits per heavy atom. The molecule has 1 fully saturated rings. The van der Waals surface area contributed by atoms with Crippen molar-refractivity contribution < 1.29 is 4.79 Å². The second-order valence-electron chi connectivity index (χ2n) is 4.48. The summed E-state index contributed by atoms with van der Waals surface area (Å²) < 4.78 is 0. The minimum Gasteiger partial charge on any atom is -0.327 e. The van der Waals surface area contributed by atoms with Gasteiger partial charge in [-0.05, 0) is 32.9 Å². The molecular weight excluding hydrogens is 202 g/mol. The van der Waals surface area contributed by atoms with Crippen LogP contribution in [0.1, 0.15) is 26.2 Å². The molecule has 1 amide bonds. The van der Waals surface area contributed by atoms with E-state index in [1.54, 1.807) is 11.9 Å². The van der Waals surface area contributed by atoms with E-state index in [1.165, 1.54) is 0 Å². The van der Waals surface area contributed by atoms with Gasteiger partial charge in [-0.25, -0.2) is 0 Å². The van der Waals surface area contributed by atoms with Crippen molar-refractivity contribution in [3.05, 3.63) is 12.2 Å². The van der Waals surface area contributed by atoms with Crippen molar-refractivity contribution in [2.45, 2.75) is 31.7 Å². The molecule has 1 saturated heterocycles. The minimum atomic E-state index is -0.627. The third-order valence-electron chi connectivity index (χ3n) is 3.11. The Balaban J connectivity index is 2.76. The molecule has 1 rings (SSSR count). The third kappa shape index (κ3) is 2.61. The van der Waals surface area contributed by atoms with Gasteiger partial charge in [0.2, 0.25) is 5.91 Å². The summed E-state index contributed by atoms with van der Waals surface area (Å²) in [7, 11) is 1.72. The van der Waals surface area contributed by atoms with E-state index < -0.39 is 5.54 Å². The Bertz CT molecular complexity index is 324. The first kappa shape index (κ1) is 12.7. The van der Waals surface area contributed by atoms with Crippen LogP contribution in [0.4, 0.5) is 0 Å². The van der Waals surface area contributed by atoms with Crippen LogP contribution in [-0.4, -0.2) is 36.5 Å². The maximum absolute atomic E-state index is 11.9. The molecule has 0 saturated carbocycles.